The highest BCUT2D eigenvalue weighted by atomic mass is 16.5. The molecule has 15 heavy (non-hydrogen) atoms. The molecule has 0 saturated heterocycles. The Hall–Kier alpha value is -1.36. The Morgan fingerprint density at radius 1 is 1.67 bits per heavy atom. The topological polar surface area (TPSA) is 72.6 Å². The van der Waals surface area contributed by atoms with E-state index >= 15 is 0 Å². The van der Waals surface area contributed by atoms with E-state index in [9.17, 15) is 4.79 Å². The standard InChI is InChI=1S/C10H15NO4/c1-6(14-3)4-5-8-11-9(10(12)13)7(2)15-8/h6H,4-5H2,1-3H3,(H,12,13). The predicted octanol–water partition coefficient (Wildman–Crippen LogP) is 1.65. The highest BCUT2D eigenvalue weighted by Crippen LogP contribution is 2.12. The van der Waals surface area contributed by atoms with Gasteiger partial charge in [-0.3, -0.25) is 0 Å². The first kappa shape index (κ1) is 11.7. The van der Waals surface area contributed by atoms with Crippen molar-refractivity contribution in [2.24, 2.45) is 0 Å². The molecule has 0 aliphatic heterocycles. The quantitative estimate of drug-likeness (QED) is 0.805. The molecule has 1 atom stereocenters. The van der Waals surface area contributed by atoms with E-state index in [1.54, 1.807) is 14.0 Å². The average Bonchev–Trinajstić information content (AvgIpc) is 2.56. The molecule has 0 fully saturated rings. The van der Waals surface area contributed by atoms with Crippen molar-refractivity contribution in [2.75, 3.05) is 7.11 Å². The molecule has 1 unspecified atom stereocenters. The second-order valence-electron chi connectivity index (χ2n) is 3.40. The Morgan fingerprint density at radius 2 is 2.33 bits per heavy atom. The number of aryl methyl sites for hydroxylation is 2. The summed E-state index contributed by atoms with van der Waals surface area (Å²) in [6.45, 7) is 3.54. The van der Waals surface area contributed by atoms with E-state index in [2.05, 4.69) is 4.98 Å². The molecular weight excluding hydrogens is 198 g/mol. The smallest absolute Gasteiger partial charge is 0.358 e. The average molecular weight is 213 g/mol. The number of carbonyl (C=O) groups is 1. The van der Waals surface area contributed by atoms with Gasteiger partial charge in [0.1, 0.15) is 5.76 Å². The molecule has 0 bridgehead atoms. The molecule has 1 aromatic rings. The van der Waals surface area contributed by atoms with Crippen molar-refractivity contribution in [3.63, 3.8) is 0 Å². The van der Waals surface area contributed by atoms with E-state index < -0.39 is 5.97 Å². The van der Waals surface area contributed by atoms with Crippen LogP contribution in [0.4, 0.5) is 0 Å². The number of nitrogens with zero attached hydrogens (tertiary/aromatic N) is 1. The Kier molecular flexibility index (Phi) is 3.85. The van der Waals surface area contributed by atoms with E-state index in [1.165, 1.54) is 0 Å². The molecule has 0 aromatic carbocycles. The van der Waals surface area contributed by atoms with Gasteiger partial charge in [0.05, 0.1) is 6.10 Å². The number of methoxy groups -OCH3 is 1. The van der Waals surface area contributed by atoms with Crippen LogP contribution >= 0.6 is 0 Å². The van der Waals surface area contributed by atoms with Gasteiger partial charge < -0.3 is 14.3 Å². The lowest BCUT2D eigenvalue weighted by atomic mass is 10.2. The maximum atomic E-state index is 10.7. The molecule has 1 aromatic heterocycles. The minimum atomic E-state index is -1.05. The summed E-state index contributed by atoms with van der Waals surface area (Å²) in [4.78, 5) is 14.6. The van der Waals surface area contributed by atoms with Crippen LogP contribution in [0.1, 0.15) is 35.5 Å². The van der Waals surface area contributed by atoms with Gasteiger partial charge in [-0.1, -0.05) is 0 Å². The third kappa shape index (κ3) is 3.06. The molecule has 5 heteroatoms. The summed E-state index contributed by atoms with van der Waals surface area (Å²) in [5.41, 5.74) is -0.00456. The molecule has 1 N–H and O–H groups in total. The molecule has 0 aliphatic carbocycles. The van der Waals surface area contributed by atoms with E-state index in [0.717, 1.165) is 6.42 Å². The number of oxazole rings is 1. The van der Waals surface area contributed by atoms with Gasteiger partial charge in [-0.15, -0.1) is 0 Å². The Labute approximate surface area is 88.1 Å². The lowest BCUT2D eigenvalue weighted by Crippen LogP contribution is -2.06. The van der Waals surface area contributed by atoms with Gasteiger partial charge in [-0.2, -0.15) is 0 Å². The van der Waals surface area contributed by atoms with Crippen molar-refractivity contribution in [2.45, 2.75) is 32.8 Å². The maximum Gasteiger partial charge on any atom is 0.358 e. The van der Waals surface area contributed by atoms with E-state index in [-0.39, 0.29) is 11.8 Å². The van der Waals surface area contributed by atoms with Crippen LogP contribution in [0.2, 0.25) is 0 Å². The number of carboxylic acids is 1. The van der Waals surface area contributed by atoms with Gasteiger partial charge >= 0.3 is 5.97 Å². The molecule has 84 valence electrons. The van der Waals surface area contributed by atoms with Gasteiger partial charge in [-0.05, 0) is 20.3 Å². The molecule has 1 heterocycles. The molecule has 0 saturated carbocycles. The number of ether oxygens (including phenoxy) is 1. The van der Waals surface area contributed by atoms with Crippen LogP contribution in [-0.2, 0) is 11.2 Å². The summed E-state index contributed by atoms with van der Waals surface area (Å²) in [6.07, 6.45) is 1.46. The minimum Gasteiger partial charge on any atom is -0.476 e. The van der Waals surface area contributed by atoms with Crippen LogP contribution in [0.5, 0.6) is 0 Å². The highest BCUT2D eigenvalue weighted by molar-refractivity contribution is 5.86. The third-order valence-corrected chi connectivity index (χ3v) is 2.21. The largest absolute Gasteiger partial charge is 0.476 e. The summed E-state index contributed by atoms with van der Waals surface area (Å²) in [5, 5.41) is 8.76. The first-order valence-electron chi connectivity index (χ1n) is 4.77. The fourth-order valence-electron chi connectivity index (χ4n) is 1.20. The monoisotopic (exact) mass is 213 g/mol. The predicted molar refractivity (Wildman–Crippen MR) is 53.0 cm³/mol. The summed E-state index contributed by atoms with van der Waals surface area (Å²) < 4.78 is 10.3. The fraction of sp³-hybridized carbons (Fsp3) is 0.600. The van der Waals surface area contributed by atoms with Crippen molar-refractivity contribution in [3.8, 4) is 0 Å². The van der Waals surface area contributed by atoms with Crippen molar-refractivity contribution < 1.29 is 19.1 Å². The molecule has 5 nitrogen and oxygen atoms in total. The zero-order valence-electron chi connectivity index (χ0n) is 9.11. The second-order valence-corrected chi connectivity index (χ2v) is 3.40. The summed E-state index contributed by atoms with van der Waals surface area (Å²) >= 11 is 0. The van der Waals surface area contributed by atoms with Crippen LogP contribution in [-0.4, -0.2) is 29.3 Å². The zero-order valence-corrected chi connectivity index (χ0v) is 9.11. The van der Waals surface area contributed by atoms with Crippen molar-refractivity contribution in [1.29, 1.82) is 0 Å². The lowest BCUT2D eigenvalue weighted by Gasteiger charge is -2.05. The molecule has 1 rings (SSSR count). The summed E-state index contributed by atoms with van der Waals surface area (Å²) in [6, 6.07) is 0. The SMILES string of the molecule is COC(C)CCc1nc(C(=O)O)c(C)o1. The van der Waals surface area contributed by atoms with E-state index in [4.69, 9.17) is 14.3 Å². The molecule has 0 aliphatic rings. The molecule has 0 radical (unpaired) electrons. The lowest BCUT2D eigenvalue weighted by molar-refractivity contribution is 0.0689. The van der Waals surface area contributed by atoms with Crippen molar-refractivity contribution in [1.82, 2.24) is 4.98 Å². The second kappa shape index (κ2) is 4.93. The van der Waals surface area contributed by atoms with Crippen molar-refractivity contribution >= 4 is 5.97 Å². The van der Waals surface area contributed by atoms with Crippen LogP contribution in [0.25, 0.3) is 0 Å². The maximum absolute atomic E-state index is 10.7. The van der Waals surface area contributed by atoms with E-state index in [0.29, 0.717) is 18.1 Å². The van der Waals surface area contributed by atoms with E-state index in [1.807, 2.05) is 6.92 Å². The normalized spacial score (nSPS) is 12.7. The van der Waals surface area contributed by atoms with Gasteiger partial charge in [-0.25, -0.2) is 9.78 Å². The zero-order chi connectivity index (χ0) is 11.4. The van der Waals surface area contributed by atoms with Crippen LogP contribution in [0.3, 0.4) is 0 Å². The van der Waals surface area contributed by atoms with Gasteiger partial charge in [0.2, 0.25) is 0 Å². The summed E-state index contributed by atoms with van der Waals surface area (Å²) in [7, 11) is 1.63. The number of rotatable bonds is 5. The number of hydrogen-bond donors (Lipinski definition) is 1. The minimum absolute atomic E-state index is 0.00456. The number of hydrogen-bond acceptors (Lipinski definition) is 4. The molecule has 0 spiro atoms. The first-order valence-corrected chi connectivity index (χ1v) is 4.77. The molecule has 0 amide bonds. The van der Waals surface area contributed by atoms with Crippen LogP contribution < -0.4 is 0 Å². The number of aromatic nitrogens is 1. The van der Waals surface area contributed by atoms with Gasteiger partial charge in [0.25, 0.3) is 0 Å². The van der Waals surface area contributed by atoms with Gasteiger partial charge in [0.15, 0.2) is 11.6 Å². The molecular formula is C10H15NO4. The van der Waals surface area contributed by atoms with Crippen LogP contribution in [0, 0.1) is 6.92 Å². The Morgan fingerprint density at radius 3 is 2.80 bits per heavy atom. The number of aromatic carboxylic acids is 1. The van der Waals surface area contributed by atoms with Gasteiger partial charge in [0, 0.05) is 13.5 Å². The Balaban J connectivity index is 2.63. The highest BCUT2D eigenvalue weighted by Gasteiger charge is 2.15. The van der Waals surface area contributed by atoms with Crippen LogP contribution in [0.15, 0.2) is 4.42 Å². The fourth-order valence-corrected chi connectivity index (χ4v) is 1.20. The Bertz CT molecular complexity index is 345. The van der Waals surface area contributed by atoms with Crippen molar-refractivity contribution in [3.05, 3.63) is 17.3 Å². The summed E-state index contributed by atoms with van der Waals surface area (Å²) in [5.74, 6) is -0.251. The number of carboxylic acid groups (broad SMARTS) is 1. The third-order valence-electron chi connectivity index (χ3n) is 2.21. The first-order chi connectivity index (χ1) is 7.04.